The summed E-state index contributed by atoms with van der Waals surface area (Å²) < 4.78 is 31.1. The Hall–Kier alpha value is -1.69. The van der Waals surface area contributed by atoms with Gasteiger partial charge in [-0.2, -0.15) is 0 Å². The lowest BCUT2D eigenvalue weighted by atomic mass is 10.3. The van der Waals surface area contributed by atoms with Crippen LogP contribution in [0, 0.1) is 11.6 Å². The predicted octanol–water partition coefficient (Wildman–Crippen LogP) is 1.17. The number of nitrogens with one attached hydrogen (secondary N) is 1. The molecular formula is C13H16F2N2O2. The molecule has 0 spiro atoms. The first kappa shape index (κ1) is 13.7. The van der Waals surface area contributed by atoms with Gasteiger partial charge in [-0.1, -0.05) is 0 Å². The third-order valence-corrected chi connectivity index (χ3v) is 2.94. The molecule has 0 bridgehead atoms. The second kappa shape index (κ2) is 6.47. The smallest absolute Gasteiger partial charge is 0.226 e. The molecule has 0 unspecified atom stereocenters. The standard InChI is InChI=1S/C13H16F2N2O2/c14-10-1-2-12(11(15)9-10)19-8-3-13(18)17-6-4-16-5-7-17/h1-2,9,16H,3-8H2. The highest BCUT2D eigenvalue weighted by Crippen LogP contribution is 2.17. The first-order valence-electron chi connectivity index (χ1n) is 6.23. The molecule has 0 radical (unpaired) electrons. The largest absolute Gasteiger partial charge is 0.490 e. The molecule has 1 aliphatic heterocycles. The summed E-state index contributed by atoms with van der Waals surface area (Å²) in [6.07, 6.45) is 0.191. The van der Waals surface area contributed by atoms with Gasteiger partial charge in [-0.05, 0) is 12.1 Å². The van der Waals surface area contributed by atoms with Crippen molar-refractivity contribution in [3.05, 3.63) is 29.8 Å². The second-order valence-corrected chi connectivity index (χ2v) is 4.30. The third-order valence-electron chi connectivity index (χ3n) is 2.94. The van der Waals surface area contributed by atoms with Crippen LogP contribution in [0.25, 0.3) is 0 Å². The van der Waals surface area contributed by atoms with Crippen molar-refractivity contribution >= 4 is 5.91 Å². The van der Waals surface area contributed by atoms with Gasteiger partial charge in [0, 0.05) is 32.2 Å². The van der Waals surface area contributed by atoms with E-state index in [0.29, 0.717) is 13.1 Å². The first-order chi connectivity index (χ1) is 9.16. The summed E-state index contributed by atoms with van der Waals surface area (Å²) in [7, 11) is 0. The Morgan fingerprint density at radius 1 is 1.32 bits per heavy atom. The normalized spacial score (nSPS) is 15.4. The zero-order chi connectivity index (χ0) is 13.7. The number of hydrogen-bond acceptors (Lipinski definition) is 3. The van der Waals surface area contributed by atoms with E-state index in [0.717, 1.165) is 25.2 Å². The summed E-state index contributed by atoms with van der Waals surface area (Å²) in [5.74, 6) is -1.45. The summed E-state index contributed by atoms with van der Waals surface area (Å²) >= 11 is 0. The second-order valence-electron chi connectivity index (χ2n) is 4.30. The van der Waals surface area contributed by atoms with Crippen LogP contribution in [0.1, 0.15) is 6.42 Å². The highest BCUT2D eigenvalue weighted by atomic mass is 19.1. The fourth-order valence-corrected chi connectivity index (χ4v) is 1.91. The summed E-state index contributed by atoms with van der Waals surface area (Å²) in [4.78, 5) is 13.5. The van der Waals surface area contributed by atoms with E-state index in [2.05, 4.69) is 5.32 Å². The van der Waals surface area contributed by atoms with Gasteiger partial charge in [0.1, 0.15) is 5.82 Å². The quantitative estimate of drug-likeness (QED) is 0.893. The first-order valence-corrected chi connectivity index (χ1v) is 6.23. The van der Waals surface area contributed by atoms with Crippen LogP contribution in [-0.4, -0.2) is 43.6 Å². The van der Waals surface area contributed by atoms with Crippen molar-refractivity contribution in [1.29, 1.82) is 0 Å². The van der Waals surface area contributed by atoms with Crippen LogP contribution in [0.15, 0.2) is 18.2 Å². The summed E-state index contributed by atoms with van der Waals surface area (Å²) in [5, 5.41) is 3.15. The van der Waals surface area contributed by atoms with Crippen molar-refractivity contribution in [2.24, 2.45) is 0 Å². The molecule has 1 saturated heterocycles. The predicted molar refractivity (Wildman–Crippen MR) is 65.9 cm³/mol. The number of piperazine rings is 1. The average molecular weight is 270 g/mol. The molecule has 1 aliphatic rings. The maximum atomic E-state index is 13.3. The molecule has 1 fully saturated rings. The van der Waals surface area contributed by atoms with Crippen molar-refractivity contribution in [2.45, 2.75) is 6.42 Å². The minimum atomic E-state index is -0.755. The van der Waals surface area contributed by atoms with E-state index < -0.39 is 11.6 Å². The molecule has 0 atom stereocenters. The van der Waals surface area contributed by atoms with E-state index in [4.69, 9.17) is 4.74 Å². The summed E-state index contributed by atoms with van der Waals surface area (Å²) in [6.45, 7) is 3.04. The Balaban J connectivity index is 1.78. The van der Waals surface area contributed by atoms with Gasteiger partial charge in [-0.25, -0.2) is 8.78 Å². The molecule has 104 valence electrons. The molecule has 1 amide bonds. The lowest BCUT2D eigenvalue weighted by Crippen LogP contribution is -2.46. The Labute approximate surface area is 110 Å². The molecule has 0 saturated carbocycles. The maximum absolute atomic E-state index is 13.3. The molecule has 1 heterocycles. The van der Waals surface area contributed by atoms with Crippen LogP contribution in [0.5, 0.6) is 5.75 Å². The molecule has 1 aromatic carbocycles. The number of carbonyl (C=O) groups is 1. The van der Waals surface area contributed by atoms with Crippen molar-refractivity contribution < 1.29 is 18.3 Å². The van der Waals surface area contributed by atoms with Gasteiger partial charge < -0.3 is 15.0 Å². The third kappa shape index (κ3) is 3.89. The van der Waals surface area contributed by atoms with E-state index in [9.17, 15) is 13.6 Å². The number of benzene rings is 1. The van der Waals surface area contributed by atoms with Gasteiger partial charge in [0.05, 0.1) is 13.0 Å². The number of ether oxygens (including phenoxy) is 1. The monoisotopic (exact) mass is 270 g/mol. The molecular weight excluding hydrogens is 254 g/mol. The zero-order valence-electron chi connectivity index (χ0n) is 10.5. The number of carbonyl (C=O) groups excluding carboxylic acids is 1. The lowest BCUT2D eigenvalue weighted by Gasteiger charge is -2.27. The number of amides is 1. The van der Waals surface area contributed by atoms with Gasteiger partial charge in [-0.15, -0.1) is 0 Å². The molecule has 4 nitrogen and oxygen atoms in total. The Kier molecular flexibility index (Phi) is 4.68. The van der Waals surface area contributed by atoms with Crippen LogP contribution in [0.2, 0.25) is 0 Å². The van der Waals surface area contributed by atoms with Crippen molar-refractivity contribution in [3.8, 4) is 5.75 Å². The Bertz CT molecular complexity index is 448. The van der Waals surface area contributed by atoms with E-state index in [1.807, 2.05) is 0 Å². The molecule has 0 aliphatic carbocycles. The van der Waals surface area contributed by atoms with Crippen LogP contribution in [0.3, 0.4) is 0 Å². The zero-order valence-corrected chi connectivity index (χ0v) is 10.5. The van der Waals surface area contributed by atoms with E-state index in [1.165, 1.54) is 6.07 Å². The van der Waals surface area contributed by atoms with Crippen molar-refractivity contribution in [3.63, 3.8) is 0 Å². The topological polar surface area (TPSA) is 41.6 Å². The van der Waals surface area contributed by atoms with Crippen LogP contribution < -0.4 is 10.1 Å². The maximum Gasteiger partial charge on any atom is 0.226 e. The van der Waals surface area contributed by atoms with Gasteiger partial charge in [0.25, 0.3) is 0 Å². The van der Waals surface area contributed by atoms with E-state index in [1.54, 1.807) is 4.90 Å². The number of hydrogen-bond donors (Lipinski definition) is 1. The number of rotatable bonds is 4. The summed E-state index contributed by atoms with van der Waals surface area (Å²) in [6, 6.07) is 3.10. The van der Waals surface area contributed by atoms with E-state index >= 15 is 0 Å². The molecule has 0 aromatic heterocycles. The van der Waals surface area contributed by atoms with Crippen LogP contribution >= 0.6 is 0 Å². The fourth-order valence-electron chi connectivity index (χ4n) is 1.91. The van der Waals surface area contributed by atoms with Gasteiger partial charge in [0.15, 0.2) is 11.6 Å². The molecule has 6 heteroatoms. The molecule has 1 N–H and O–H groups in total. The average Bonchev–Trinajstić information content (AvgIpc) is 2.42. The number of halogens is 2. The van der Waals surface area contributed by atoms with Crippen LogP contribution in [0.4, 0.5) is 8.78 Å². The summed E-state index contributed by atoms with van der Waals surface area (Å²) in [5.41, 5.74) is 0. The van der Waals surface area contributed by atoms with Crippen molar-refractivity contribution in [2.75, 3.05) is 32.8 Å². The fraction of sp³-hybridized carbons (Fsp3) is 0.462. The van der Waals surface area contributed by atoms with Gasteiger partial charge in [-0.3, -0.25) is 4.79 Å². The highest BCUT2D eigenvalue weighted by Gasteiger charge is 2.16. The van der Waals surface area contributed by atoms with Crippen LogP contribution in [-0.2, 0) is 4.79 Å². The van der Waals surface area contributed by atoms with Gasteiger partial charge in [0.2, 0.25) is 5.91 Å². The molecule has 19 heavy (non-hydrogen) atoms. The number of nitrogens with zero attached hydrogens (tertiary/aromatic N) is 1. The lowest BCUT2D eigenvalue weighted by molar-refractivity contribution is -0.132. The minimum Gasteiger partial charge on any atom is -0.490 e. The SMILES string of the molecule is O=C(CCOc1ccc(F)cc1F)N1CCNCC1. The highest BCUT2D eigenvalue weighted by molar-refractivity contribution is 5.76. The Morgan fingerprint density at radius 3 is 2.74 bits per heavy atom. The van der Waals surface area contributed by atoms with Crippen molar-refractivity contribution in [1.82, 2.24) is 10.2 Å². The Morgan fingerprint density at radius 2 is 2.05 bits per heavy atom. The van der Waals surface area contributed by atoms with E-state index in [-0.39, 0.29) is 24.7 Å². The molecule has 2 rings (SSSR count). The minimum absolute atomic E-state index is 0.0102. The molecule has 1 aromatic rings. The van der Waals surface area contributed by atoms with Gasteiger partial charge >= 0.3 is 0 Å².